The number of aromatic nitrogens is 2. The third-order valence-electron chi connectivity index (χ3n) is 14.0. The standard InChI is InChI=1S/C63H50N4Si/c1-45(2)65-44-66(60-36-18-17-35-59(60)65)49-25-19-30-52(42-49)68(50-26-11-5-12-27-50,51-28-13-6-14-29-51)53-37-38-57-56-31-15-16-34-58(56)67(61(57)43-53)62-41-48(39-40-64-62)63-54(46-21-7-3-8-22-46)32-20-33-55(63)47-23-9-4-10-24-47/h3-43,45H,44H2,1-2H3. The Hall–Kier alpha value is -8.25. The van der Waals surface area contributed by atoms with Crippen molar-refractivity contribution in [2.24, 2.45) is 0 Å². The molecule has 0 fully saturated rings. The lowest BCUT2D eigenvalue weighted by atomic mass is 9.88. The number of fused-ring (bicyclic) bond motifs is 4. The van der Waals surface area contributed by atoms with Crippen LogP contribution in [0.15, 0.2) is 249 Å². The molecule has 0 amide bonds. The van der Waals surface area contributed by atoms with E-state index in [0.29, 0.717) is 6.04 Å². The third kappa shape index (κ3) is 6.85. The van der Waals surface area contributed by atoms with Crippen LogP contribution >= 0.6 is 0 Å². The van der Waals surface area contributed by atoms with Crippen LogP contribution in [0.1, 0.15) is 13.8 Å². The van der Waals surface area contributed by atoms with E-state index in [-0.39, 0.29) is 0 Å². The Morgan fingerprint density at radius 2 is 0.971 bits per heavy atom. The van der Waals surface area contributed by atoms with Crippen molar-refractivity contribution in [1.82, 2.24) is 9.55 Å². The molecule has 0 N–H and O–H groups in total. The first-order valence-corrected chi connectivity index (χ1v) is 25.7. The Labute approximate surface area is 399 Å². The Morgan fingerprint density at radius 3 is 1.63 bits per heavy atom. The van der Waals surface area contributed by atoms with Crippen LogP contribution in [-0.4, -0.2) is 30.3 Å². The van der Waals surface area contributed by atoms with E-state index in [1.165, 1.54) is 76.4 Å². The summed E-state index contributed by atoms with van der Waals surface area (Å²) >= 11 is 0. The minimum Gasteiger partial charge on any atom is -0.349 e. The summed E-state index contributed by atoms with van der Waals surface area (Å²) in [6.45, 7) is 5.37. The van der Waals surface area contributed by atoms with Crippen molar-refractivity contribution in [2.75, 3.05) is 16.5 Å². The van der Waals surface area contributed by atoms with Crippen molar-refractivity contribution < 1.29 is 0 Å². The van der Waals surface area contributed by atoms with Crippen LogP contribution in [0, 0.1) is 0 Å². The lowest BCUT2D eigenvalue weighted by molar-refractivity contribution is 0.709. The maximum atomic E-state index is 5.24. The first-order valence-electron chi connectivity index (χ1n) is 23.7. The molecule has 9 aromatic carbocycles. The molecule has 0 bridgehead atoms. The van der Waals surface area contributed by atoms with Gasteiger partial charge in [-0.05, 0) is 117 Å². The Bertz CT molecular complexity index is 3490. The summed E-state index contributed by atoms with van der Waals surface area (Å²) in [5.74, 6) is 0.879. The fourth-order valence-electron chi connectivity index (χ4n) is 10.9. The summed E-state index contributed by atoms with van der Waals surface area (Å²) in [5, 5.41) is 7.72. The lowest BCUT2D eigenvalue weighted by Crippen LogP contribution is -2.74. The molecule has 68 heavy (non-hydrogen) atoms. The SMILES string of the molecule is CC(C)N1CN(c2cccc([Si](c3ccccc3)(c3ccccc3)c3ccc4c5ccccc5n(-c5cc(-c6c(-c7ccccc7)cccc6-c6ccccc6)ccn5)c4c3)c2)c2ccccc21. The minimum atomic E-state index is -3.03. The summed E-state index contributed by atoms with van der Waals surface area (Å²) in [6, 6.07) is 90.0. The van der Waals surface area contributed by atoms with Gasteiger partial charge in [-0.3, -0.25) is 4.57 Å². The maximum absolute atomic E-state index is 5.24. The summed E-state index contributed by atoms with van der Waals surface area (Å²) < 4.78 is 2.40. The van der Waals surface area contributed by atoms with Crippen LogP contribution in [0.3, 0.4) is 0 Å². The molecule has 1 aliphatic heterocycles. The molecule has 0 unspecified atom stereocenters. The number of hydrogen-bond donors (Lipinski definition) is 0. The highest BCUT2D eigenvalue weighted by Gasteiger charge is 2.42. The first-order chi connectivity index (χ1) is 33.6. The second-order valence-electron chi connectivity index (χ2n) is 18.1. The molecule has 326 valence electrons. The zero-order valence-corrected chi connectivity index (χ0v) is 39.2. The highest BCUT2D eigenvalue weighted by Crippen LogP contribution is 2.43. The van der Waals surface area contributed by atoms with Crippen LogP contribution in [0.4, 0.5) is 17.1 Å². The summed E-state index contributed by atoms with van der Waals surface area (Å²) in [6.07, 6.45) is 1.99. The van der Waals surface area contributed by atoms with Crippen molar-refractivity contribution in [3.63, 3.8) is 0 Å². The fraction of sp³-hybridized carbons (Fsp3) is 0.0635. The topological polar surface area (TPSA) is 24.3 Å². The van der Waals surface area contributed by atoms with Gasteiger partial charge in [0.2, 0.25) is 0 Å². The number of benzene rings is 9. The number of anilines is 3. The number of rotatable bonds is 10. The number of hydrogen-bond acceptors (Lipinski definition) is 3. The highest BCUT2D eigenvalue weighted by atomic mass is 28.3. The number of para-hydroxylation sites is 3. The second-order valence-corrected chi connectivity index (χ2v) is 21.9. The highest BCUT2D eigenvalue weighted by molar-refractivity contribution is 7.20. The first kappa shape index (κ1) is 41.2. The predicted molar refractivity (Wildman–Crippen MR) is 290 cm³/mol. The Morgan fingerprint density at radius 1 is 0.426 bits per heavy atom. The average Bonchev–Trinajstić information content (AvgIpc) is 3.97. The van der Waals surface area contributed by atoms with Gasteiger partial charge in [-0.1, -0.05) is 194 Å². The summed E-state index contributed by atoms with van der Waals surface area (Å²) in [5.41, 5.74) is 13.0. The molecule has 2 aromatic heterocycles. The fourth-order valence-corrected chi connectivity index (χ4v) is 15.7. The molecule has 0 radical (unpaired) electrons. The molecule has 11 aromatic rings. The Balaban J connectivity index is 1.10. The maximum Gasteiger partial charge on any atom is 0.179 e. The number of nitrogens with zero attached hydrogens (tertiary/aromatic N) is 4. The minimum absolute atomic E-state index is 0.365. The van der Waals surface area contributed by atoms with Gasteiger partial charge in [0.05, 0.1) is 29.1 Å². The normalized spacial score (nSPS) is 12.6. The molecule has 0 spiro atoms. The summed E-state index contributed by atoms with van der Waals surface area (Å²) in [4.78, 5) is 10.2. The van der Waals surface area contributed by atoms with Gasteiger partial charge in [0, 0.05) is 28.7 Å². The van der Waals surface area contributed by atoms with E-state index in [2.05, 4.69) is 271 Å². The average molecular weight is 891 g/mol. The van der Waals surface area contributed by atoms with Crippen LogP contribution in [-0.2, 0) is 0 Å². The molecule has 0 aliphatic carbocycles. The van der Waals surface area contributed by atoms with Gasteiger partial charge in [-0.2, -0.15) is 0 Å². The van der Waals surface area contributed by atoms with E-state index in [1.54, 1.807) is 0 Å². The molecule has 0 atom stereocenters. The van der Waals surface area contributed by atoms with E-state index >= 15 is 0 Å². The van der Waals surface area contributed by atoms with Crippen LogP contribution < -0.4 is 30.5 Å². The van der Waals surface area contributed by atoms with Crippen LogP contribution in [0.2, 0.25) is 0 Å². The third-order valence-corrected chi connectivity index (χ3v) is 18.8. The van der Waals surface area contributed by atoms with E-state index < -0.39 is 8.07 Å². The van der Waals surface area contributed by atoms with Gasteiger partial charge in [0.1, 0.15) is 5.82 Å². The van der Waals surface area contributed by atoms with Crippen molar-refractivity contribution in [1.29, 1.82) is 0 Å². The second kappa shape index (κ2) is 17.2. The summed E-state index contributed by atoms with van der Waals surface area (Å²) in [7, 11) is -3.03. The van der Waals surface area contributed by atoms with Gasteiger partial charge in [-0.15, -0.1) is 0 Å². The quantitative estimate of drug-likeness (QED) is 0.101. The molecule has 3 heterocycles. The number of pyridine rings is 1. The lowest BCUT2D eigenvalue weighted by Gasteiger charge is -2.35. The molecular formula is C63H50N4Si. The molecule has 0 saturated carbocycles. The van der Waals surface area contributed by atoms with E-state index in [1.807, 2.05) is 6.20 Å². The van der Waals surface area contributed by atoms with Crippen molar-refractivity contribution in [2.45, 2.75) is 19.9 Å². The van der Waals surface area contributed by atoms with E-state index in [9.17, 15) is 0 Å². The zero-order valence-electron chi connectivity index (χ0n) is 38.2. The van der Waals surface area contributed by atoms with Gasteiger partial charge in [0.25, 0.3) is 0 Å². The zero-order chi connectivity index (χ0) is 45.6. The monoisotopic (exact) mass is 890 g/mol. The van der Waals surface area contributed by atoms with Gasteiger partial charge in [-0.25, -0.2) is 4.98 Å². The molecule has 5 heteroatoms. The molecule has 4 nitrogen and oxygen atoms in total. The van der Waals surface area contributed by atoms with Crippen LogP contribution in [0.5, 0.6) is 0 Å². The van der Waals surface area contributed by atoms with E-state index in [4.69, 9.17) is 4.98 Å². The Kier molecular flexibility index (Phi) is 10.4. The molecular weight excluding hydrogens is 841 g/mol. The molecule has 0 saturated heterocycles. The van der Waals surface area contributed by atoms with E-state index in [0.717, 1.165) is 29.1 Å². The molecule has 12 rings (SSSR count). The van der Waals surface area contributed by atoms with Crippen molar-refractivity contribution >= 4 is 67.7 Å². The van der Waals surface area contributed by atoms with Gasteiger partial charge < -0.3 is 9.80 Å². The van der Waals surface area contributed by atoms with Crippen molar-refractivity contribution in [3.05, 3.63) is 249 Å². The largest absolute Gasteiger partial charge is 0.349 e. The smallest absolute Gasteiger partial charge is 0.179 e. The van der Waals surface area contributed by atoms with Gasteiger partial charge in [0.15, 0.2) is 8.07 Å². The predicted octanol–water partition coefficient (Wildman–Crippen LogP) is 12.9. The van der Waals surface area contributed by atoms with Gasteiger partial charge >= 0.3 is 0 Å². The van der Waals surface area contributed by atoms with Crippen LogP contribution in [0.25, 0.3) is 61.0 Å². The molecule has 1 aliphatic rings. The van der Waals surface area contributed by atoms with Crippen molar-refractivity contribution in [3.8, 4) is 39.2 Å².